The summed E-state index contributed by atoms with van der Waals surface area (Å²) in [6, 6.07) is 3.97. The van der Waals surface area contributed by atoms with Gasteiger partial charge in [-0.15, -0.1) is 0 Å². The van der Waals surface area contributed by atoms with Crippen LogP contribution in [0.1, 0.15) is 12.0 Å². The van der Waals surface area contributed by atoms with Crippen LogP contribution in [0.4, 0.5) is 0 Å². The molecule has 1 fully saturated rings. The molecule has 0 aromatic carbocycles. The summed E-state index contributed by atoms with van der Waals surface area (Å²) in [6.07, 6.45) is 5.43. The highest BCUT2D eigenvalue weighted by molar-refractivity contribution is 9.10. The molecule has 1 aliphatic rings. The van der Waals surface area contributed by atoms with Crippen LogP contribution in [0.3, 0.4) is 0 Å². The highest BCUT2D eigenvalue weighted by atomic mass is 79.9. The molecule has 3 nitrogen and oxygen atoms in total. The van der Waals surface area contributed by atoms with E-state index in [1.165, 1.54) is 5.56 Å². The highest BCUT2D eigenvalue weighted by Gasteiger charge is 2.28. The Morgan fingerprint density at radius 2 is 2.47 bits per heavy atom. The zero-order chi connectivity index (χ0) is 10.7. The molecule has 1 atom stereocenters. The molecular formula is C11H13BrN2O. The number of likely N-dealkylation sites (tertiary alicyclic amines) is 1. The molecule has 0 radical (unpaired) electrons. The predicted octanol–water partition coefficient (Wildman–Crippen LogP) is 1.62. The average Bonchev–Trinajstić information content (AvgIpc) is 2.59. The average molecular weight is 269 g/mol. The number of amides is 1. The Kier molecular flexibility index (Phi) is 3.36. The molecule has 2 heterocycles. The molecule has 0 spiro atoms. The van der Waals surface area contributed by atoms with Crippen molar-refractivity contribution in [1.82, 2.24) is 9.88 Å². The molecule has 15 heavy (non-hydrogen) atoms. The van der Waals surface area contributed by atoms with Crippen molar-refractivity contribution in [3.8, 4) is 0 Å². The molecule has 0 saturated carbocycles. The Hall–Kier alpha value is -0.900. The van der Waals surface area contributed by atoms with E-state index < -0.39 is 0 Å². The second kappa shape index (κ2) is 4.75. The lowest BCUT2D eigenvalue weighted by Crippen LogP contribution is -2.29. The number of hydrogen-bond acceptors (Lipinski definition) is 2. The van der Waals surface area contributed by atoms with Gasteiger partial charge in [0.25, 0.3) is 0 Å². The first-order chi connectivity index (χ1) is 7.27. The van der Waals surface area contributed by atoms with Crippen molar-refractivity contribution in [3.63, 3.8) is 0 Å². The van der Waals surface area contributed by atoms with Crippen LogP contribution in [-0.2, 0) is 11.2 Å². The standard InChI is InChI=1S/C11H13BrN2O/c12-10-4-7-14(11(10)15)6-3-9-2-1-5-13-8-9/h1-2,5,8,10H,3-4,6-7H2. The number of carbonyl (C=O) groups excluding carboxylic acids is 1. The lowest BCUT2D eigenvalue weighted by atomic mass is 10.2. The van der Waals surface area contributed by atoms with E-state index in [-0.39, 0.29) is 10.7 Å². The molecule has 0 N–H and O–H groups in total. The van der Waals surface area contributed by atoms with Crippen LogP contribution in [0.15, 0.2) is 24.5 Å². The summed E-state index contributed by atoms with van der Waals surface area (Å²) >= 11 is 3.37. The highest BCUT2D eigenvalue weighted by Crippen LogP contribution is 2.18. The van der Waals surface area contributed by atoms with Crippen LogP contribution in [0.25, 0.3) is 0 Å². The van der Waals surface area contributed by atoms with E-state index >= 15 is 0 Å². The zero-order valence-corrected chi connectivity index (χ0v) is 9.98. The van der Waals surface area contributed by atoms with Gasteiger partial charge in [0.15, 0.2) is 0 Å². The molecule has 1 aliphatic heterocycles. The molecule has 4 heteroatoms. The Morgan fingerprint density at radius 1 is 1.60 bits per heavy atom. The number of aromatic nitrogens is 1. The summed E-state index contributed by atoms with van der Waals surface area (Å²) in [7, 11) is 0. The van der Waals surface area contributed by atoms with Crippen molar-refractivity contribution >= 4 is 21.8 Å². The third-order valence-electron chi connectivity index (χ3n) is 2.63. The van der Waals surface area contributed by atoms with Gasteiger partial charge < -0.3 is 4.90 Å². The van der Waals surface area contributed by atoms with E-state index in [2.05, 4.69) is 20.9 Å². The minimum absolute atomic E-state index is 0.0337. The summed E-state index contributed by atoms with van der Waals surface area (Å²) in [5, 5.41) is 0. The number of carbonyl (C=O) groups is 1. The van der Waals surface area contributed by atoms with Crippen LogP contribution in [0, 0.1) is 0 Å². The van der Waals surface area contributed by atoms with E-state index in [1.54, 1.807) is 6.20 Å². The Labute approximate surface area is 97.6 Å². The minimum atomic E-state index is 0.0337. The Bertz CT molecular complexity index is 342. The van der Waals surface area contributed by atoms with Crippen LogP contribution in [0.5, 0.6) is 0 Å². The number of halogens is 1. The van der Waals surface area contributed by atoms with Crippen molar-refractivity contribution in [3.05, 3.63) is 30.1 Å². The first-order valence-corrected chi connectivity index (χ1v) is 6.00. The Morgan fingerprint density at radius 3 is 3.07 bits per heavy atom. The molecule has 1 saturated heterocycles. The van der Waals surface area contributed by atoms with Crippen LogP contribution in [-0.4, -0.2) is 33.7 Å². The van der Waals surface area contributed by atoms with Gasteiger partial charge in [0, 0.05) is 25.5 Å². The Balaban J connectivity index is 1.87. The third-order valence-corrected chi connectivity index (χ3v) is 3.47. The van der Waals surface area contributed by atoms with E-state index in [0.29, 0.717) is 0 Å². The SMILES string of the molecule is O=C1C(Br)CCN1CCc1cccnc1. The summed E-state index contributed by atoms with van der Waals surface area (Å²) in [5.41, 5.74) is 1.18. The minimum Gasteiger partial charge on any atom is -0.341 e. The molecule has 1 aromatic rings. The largest absolute Gasteiger partial charge is 0.341 e. The number of alkyl halides is 1. The van der Waals surface area contributed by atoms with Crippen molar-refractivity contribution in [1.29, 1.82) is 0 Å². The van der Waals surface area contributed by atoms with E-state index in [0.717, 1.165) is 25.9 Å². The number of hydrogen-bond donors (Lipinski definition) is 0. The van der Waals surface area contributed by atoms with Gasteiger partial charge in [-0.05, 0) is 24.5 Å². The van der Waals surface area contributed by atoms with Gasteiger partial charge in [-0.25, -0.2) is 0 Å². The maximum absolute atomic E-state index is 11.6. The maximum atomic E-state index is 11.6. The second-order valence-electron chi connectivity index (χ2n) is 3.69. The molecular weight excluding hydrogens is 256 g/mol. The van der Waals surface area contributed by atoms with E-state index in [1.807, 2.05) is 23.2 Å². The number of rotatable bonds is 3. The van der Waals surface area contributed by atoms with Gasteiger partial charge in [-0.2, -0.15) is 0 Å². The first-order valence-electron chi connectivity index (χ1n) is 5.09. The van der Waals surface area contributed by atoms with Gasteiger partial charge in [-0.1, -0.05) is 22.0 Å². The number of pyridine rings is 1. The van der Waals surface area contributed by atoms with E-state index in [4.69, 9.17) is 0 Å². The molecule has 0 bridgehead atoms. The molecule has 2 rings (SSSR count). The van der Waals surface area contributed by atoms with Gasteiger partial charge in [0.1, 0.15) is 0 Å². The molecule has 80 valence electrons. The fourth-order valence-corrected chi connectivity index (χ4v) is 2.23. The predicted molar refractivity (Wildman–Crippen MR) is 61.9 cm³/mol. The topological polar surface area (TPSA) is 33.2 Å². The van der Waals surface area contributed by atoms with Crippen LogP contribution >= 0.6 is 15.9 Å². The lowest BCUT2D eigenvalue weighted by molar-refractivity contribution is -0.127. The second-order valence-corrected chi connectivity index (χ2v) is 4.80. The van der Waals surface area contributed by atoms with Crippen molar-refractivity contribution in [2.24, 2.45) is 0 Å². The molecule has 1 unspecified atom stereocenters. The lowest BCUT2D eigenvalue weighted by Gasteiger charge is -2.15. The number of nitrogens with zero attached hydrogens (tertiary/aromatic N) is 2. The summed E-state index contributed by atoms with van der Waals surface area (Å²) in [6.45, 7) is 1.67. The zero-order valence-electron chi connectivity index (χ0n) is 8.40. The maximum Gasteiger partial charge on any atom is 0.236 e. The summed E-state index contributed by atoms with van der Waals surface area (Å²) in [4.78, 5) is 17.6. The summed E-state index contributed by atoms with van der Waals surface area (Å²) in [5.74, 6) is 0.221. The molecule has 1 aromatic heterocycles. The molecule has 1 amide bonds. The van der Waals surface area contributed by atoms with Crippen molar-refractivity contribution < 1.29 is 4.79 Å². The third kappa shape index (κ3) is 2.56. The first kappa shape index (κ1) is 10.6. The monoisotopic (exact) mass is 268 g/mol. The quantitative estimate of drug-likeness (QED) is 0.781. The van der Waals surface area contributed by atoms with E-state index in [9.17, 15) is 4.79 Å². The van der Waals surface area contributed by atoms with Crippen molar-refractivity contribution in [2.45, 2.75) is 17.7 Å². The molecule has 0 aliphatic carbocycles. The normalized spacial score (nSPS) is 21.0. The van der Waals surface area contributed by atoms with Crippen LogP contribution in [0.2, 0.25) is 0 Å². The fourth-order valence-electron chi connectivity index (χ4n) is 1.73. The van der Waals surface area contributed by atoms with Gasteiger partial charge >= 0.3 is 0 Å². The van der Waals surface area contributed by atoms with Crippen molar-refractivity contribution in [2.75, 3.05) is 13.1 Å². The van der Waals surface area contributed by atoms with Gasteiger partial charge in [0.2, 0.25) is 5.91 Å². The summed E-state index contributed by atoms with van der Waals surface area (Å²) < 4.78 is 0. The van der Waals surface area contributed by atoms with Crippen LogP contribution < -0.4 is 0 Å². The van der Waals surface area contributed by atoms with Gasteiger partial charge in [-0.3, -0.25) is 9.78 Å². The smallest absolute Gasteiger partial charge is 0.236 e. The van der Waals surface area contributed by atoms with Gasteiger partial charge in [0.05, 0.1) is 4.83 Å². The fraction of sp³-hybridized carbons (Fsp3) is 0.455.